The van der Waals surface area contributed by atoms with E-state index in [1.54, 1.807) is 0 Å². The predicted molar refractivity (Wildman–Crippen MR) is 189 cm³/mol. The molecule has 8 aromatic carbocycles. The Morgan fingerprint density at radius 2 is 0.909 bits per heavy atom. The third-order valence-electron chi connectivity index (χ3n) is 9.80. The van der Waals surface area contributed by atoms with Crippen LogP contribution in [0.4, 0.5) is 17.1 Å². The topological polar surface area (TPSA) is 3.24 Å². The molecular weight excluding hydrogens is 530 g/mol. The first-order chi connectivity index (χ1) is 21.6. The van der Waals surface area contributed by atoms with E-state index in [9.17, 15) is 0 Å². The molecule has 0 spiro atoms. The molecule has 0 saturated carbocycles. The minimum Gasteiger partial charge on any atom is -0.310 e. The summed E-state index contributed by atoms with van der Waals surface area (Å²) < 4.78 is 0. The average molecular weight is 562 g/mol. The maximum absolute atomic E-state index is 2.47. The Hall–Kier alpha value is -5.40. The van der Waals surface area contributed by atoms with Gasteiger partial charge in [0.2, 0.25) is 0 Å². The Bertz CT molecular complexity index is 2310. The molecule has 1 nitrogen and oxygen atoms in total. The second-order valence-electron chi connectivity index (χ2n) is 12.6. The lowest BCUT2D eigenvalue weighted by atomic mass is 9.82. The monoisotopic (exact) mass is 561 g/mol. The van der Waals surface area contributed by atoms with Crippen molar-refractivity contribution in [2.24, 2.45) is 0 Å². The van der Waals surface area contributed by atoms with Crippen LogP contribution in [0.2, 0.25) is 0 Å². The summed E-state index contributed by atoms with van der Waals surface area (Å²) in [6.45, 7) is 4.71. The summed E-state index contributed by atoms with van der Waals surface area (Å²) >= 11 is 0. The van der Waals surface area contributed by atoms with Crippen molar-refractivity contribution >= 4 is 60.2 Å². The molecule has 208 valence electrons. The molecule has 0 unspecified atom stereocenters. The van der Waals surface area contributed by atoms with Crippen LogP contribution in [0.5, 0.6) is 0 Å². The summed E-state index contributed by atoms with van der Waals surface area (Å²) in [6, 6.07) is 56.0. The van der Waals surface area contributed by atoms with Gasteiger partial charge >= 0.3 is 0 Å². The van der Waals surface area contributed by atoms with Crippen LogP contribution < -0.4 is 4.90 Å². The fraction of sp³-hybridized carbons (Fsp3) is 0.0698. The predicted octanol–water partition coefficient (Wildman–Crippen LogP) is 12.1. The molecule has 0 saturated heterocycles. The van der Waals surface area contributed by atoms with Crippen LogP contribution in [-0.4, -0.2) is 0 Å². The van der Waals surface area contributed by atoms with Gasteiger partial charge in [-0.3, -0.25) is 0 Å². The summed E-state index contributed by atoms with van der Waals surface area (Å²) in [6.07, 6.45) is 0. The highest BCUT2D eigenvalue weighted by Gasteiger charge is 2.37. The molecule has 1 aliphatic carbocycles. The molecule has 0 heterocycles. The Kier molecular flexibility index (Phi) is 5.31. The van der Waals surface area contributed by atoms with Crippen LogP contribution >= 0.6 is 0 Å². The number of benzene rings is 8. The maximum Gasteiger partial charge on any atom is 0.0543 e. The normalized spacial score (nSPS) is 13.4. The van der Waals surface area contributed by atoms with Gasteiger partial charge in [0.15, 0.2) is 0 Å². The third-order valence-corrected chi connectivity index (χ3v) is 9.80. The minimum absolute atomic E-state index is 0.0712. The van der Waals surface area contributed by atoms with E-state index in [1.807, 2.05) is 0 Å². The molecule has 0 bridgehead atoms. The standard InChI is InChI=1S/C43H31N/c1-43(2)39-15-8-7-14-38(39)42-40(43)16-9-17-41(42)44(32-22-24-36-30(26-32)20-18-28-10-3-5-12-34(28)36)33-23-25-37-31(27-33)21-19-29-11-4-6-13-35(29)37/h3-27H,1-2H3. The fourth-order valence-electron chi connectivity index (χ4n) is 7.63. The molecular formula is C43H31N. The number of anilines is 3. The van der Waals surface area contributed by atoms with Crippen LogP contribution in [-0.2, 0) is 5.41 Å². The Morgan fingerprint density at radius 3 is 1.55 bits per heavy atom. The van der Waals surface area contributed by atoms with E-state index in [1.165, 1.54) is 71.0 Å². The van der Waals surface area contributed by atoms with Gasteiger partial charge in [-0.2, -0.15) is 0 Å². The van der Waals surface area contributed by atoms with Crippen LogP contribution in [0, 0.1) is 0 Å². The zero-order valence-corrected chi connectivity index (χ0v) is 24.9. The molecule has 0 radical (unpaired) electrons. The minimum atomic E-state index is -0.0712. The van der Waals surface area contributed by atoms with Crippen molar-refractivity contribution in [2.75, 3.05) is 4.90 Å². The first-order valence-electron chi connectivity index (χ1n) is 15.4. The molecule has 0 aliphatic heterocycles. The van der Waals surface area contributed by atoms with E-state index in [0.29, 0.717) is 0 Å². The highest BCUT2D eigenvalue weighted by Crippen LogP contribution is 2.54. The van der Waals surface area contributed by atoms with E-state index in [-0.39, 0.29) is 5.41 Å². The third kappa shape index (κ3) is 3.59. The zero-order valence-electron chi connectivity index (χ0n) is 24.9. The first kappa shape index (κ1) is 25.1. The molecule has 0 aromatic heterocycles. The zero-order chi connectivity index (χ0) is 29.4. The summed E-state index contributed by atoms with van der Waals surface area (Å²) in [7, 11) is 0. The van der Waals surface area contributed by atoms with Gasteiger partial charge in [-0.1, -0.05) is 135 Å². The largest absolute Gasteiger partial charge is 0.310 e. The maximum atomic E-state index is 2.47. The van der Waals surface area contributed by atoms with E-state index in [0.717, 1.165) is 11.4 Å². The van der Waals surface area contributed by atoms with Gasteiger partial charge in [-0.15, -0.1) is 0 Å². The van der Waals surface area contributed by atoms with Crippen molar-refractivity contribution in [3.05, 3.63) is 163 Å². The summed E-state index contributed by atoms with van der Waals surface area (Å²) in [5.41, 5.74) is 8.86. The van der Waals surface area contributed by atoms with Crippen molar-refractivity contribution < 1.29 is 0 Å². The van der Waals surface area contributed by atoms with E-state index in [4.69, 9.17) is 0 Å². The molecule has 44 heavy (non-hydrogen) atoms. The number of fused-ring (bicyclic) bond motifs is 9. The highest BCUT2D eigenvalue weighted by atomic mass is 15.1. The molecule has 0 N–H and O–H groups in total. The SMILES string of the molecule is CC1(C)c2ccccc2-c2c(N(c3ccc4c(ccc5ccccc54)c3)c3ccc4c(ccc5ccccc54)c3)cccc21. The molecule has 0 fully saturated rings. The lowest BCUT2D eigenvalue weighted by Crippen LogP contribution is -2.16. The first-order valence-corrected chi connectivity index (χ1v) is 15.4. The van der Waals surface area contributed by atoms with Crippen LogP contribution in [0.25, 0.3) is 54.2 Å². The molecule has 1 aliphatic rings. The average Bonchev–Trinajstić information content (AvgIpc) is 3.31. The fourth-order valence-corrected chi connectivity index (χ4v) is 7.63. The number of hydrogen-bond acceptors (Lipinski definition) is 1. The van der Waals surface area contributed by atoms with E-state index in [2.05, 4.69) is 170 Å². The van der Waals surface area contributed by atoms with Gasteiger partial charge in [0.25, 0.3) is 0 Å². The smallest absolute Gasteiger partial charge is 0.0543 e. The van der Waals surface area contributed by atoms with Gasteiger partial charge < -0.3 is 4.90 Å². The van der Waals surface area contributed by atoms with Crippen molar-refractivity contribution in [3.8, 4) is 11.1 Å². The van der Waals surface area contributed by atoms with Gasteiger partial charge in [0.1, 0.15) is 0 Å². The van der Waals surface area contributed by atoms with Gasteiger partial charge in [0.05, 0.1) is 5.69 Å². The molecule has 0 atom stereocenters. The Labute approximate surface area is 257 Å². The molecule has 9 rings (SSSR count). The lowest BCUT2D eigenvalue weighted by Gasteiger charge is -2.29. The van der Waals surface area contributed by atoms with E-state index >= 15 is 0 Å². The van der Waals surface area contributed by atoms with Gasteiger partial charge in [-0.05, 0) is 90.1 Å². The lowest BCUT2D eigenvalue weighted by molar-refractivity contribution is 0.660. The summed E-state index contributed by atoms with van der Waals surface area (Å²) in [4.78, 5) is 2.47. The number of nitrogens with zero attached hydrogens (tertiary/aromatic N) is 1. The van der Waals surface area contributed by atoms with Gasteiger partial charge in [0, 0.05) is 22.4 Å². The number of hydrogen-bond donors (Lipinski definition) is 0. The molecule has 1 heteroatoms. The van der Waals surface area contributed by atoms with E-state index < -0.39 is 0 Å². The van der Waals surface area contributed by atoms with Crippen molar-refractivity contribution in [3.63, 3.8) is 0 Å². The van der Waals surface area contributed by atoms with Crippen LogP contribution in [0.15, 0.2) is 152 Å². The quantitative estimate of drug-likeness (QED) is 0.194. The molecule has 8 aromatic rings. The van der Waals surface area contributed by atoms with Crippen molar-refractivity contribution in [1.29, 1.82) is 0 Å². The summed E-state index contributed by atoms with van der Waals surface area (Å²) in [5.74, 6) is 0. The highest BCUT2D eigenvalue weighted by molar-refractivity contribution is 6.10. The van der Waals surface area contributed by atoms with Gasteiger partial charge in [-0.25, -0.2) is 0 Å². The second-order valence-corrected chi connectivity index (χ2v) is 12.6. The van der Waals surface area contributed by atoms with Crippen LogP contribution in [0.1, 0.15) is 25.0 Å². The van der Waals surface area contributed by atoms with Crippen molar-refractivity contribution in [2.45, 2.75) is 19.3 Å². The Balaban J connectivity index is 1.33. The number of rotatable bonds is 3. The molecule has 0 amide bonds. The Morgan fingerprint density at radius 1 is 0.409 bits per heavy atom. The summed E-state index contributed by atoms with van der Waals surface area (Å²) in [5, 5.41) is 10.2. The van der Waals surface area contributed by atoms with Crippen LogP contribution in [0.3, 0.4) is 0 Å². The van der Waals surface area contributed by atoms with Crippen molar-refractivity contribution in [1.82, 2.24) is 0 Å². The second kappa shape index (κ2) is 9.30.